The molecule has 0 amide bonds. The summed E-state index contributed by atoms with van der Waals surface area (Å²) in [7, 11) is 0. The Morgan fingerprint density at radius 3 is 2.83 bits per heavy atom. The van der Waals surface area contributed by atoms with E-state index in [0.717, 1.165) is 51.7 Å². The van der Waals surface area contributed by atoms with Crippen LogP contribution in [0.1, 0.15) is 56.6 Å². The van der Waals surface area contributed by atoms with Crippen molar-refractivity contribution in [1.29, 1.82) is 0 Å². The van der Waals surface area contributed by atoms with Crippen LogP contribution in [-0.2, 0) is 22.5 Å². The van der Waals surface area contributed by atoms with E-state index in [-0.39, 0.29) is 18.0 Å². The van der Waals surface area contributed by atoms with Crippen molar-refractivity contribution in [3.8, 4) is 0 Å². The highest BCUT2D eigenvalue weighted by atomic mass is 16.6. The first-order valence-corrected chi connectivity index (χ1v) is 11.3. The van der Waals surface area contributed by atoms with Crippen LogP contribution in [0.2, 0.25) is 0 Å². The van der Waals surface area contributed by atoms with Crippen LogP contribution in [0.25, 0.3) is 10.9 Å². The number of esters is 1. The van der Waals surface area contributed by atoms with Crippen molar-refractivity contribution in [3.63, 3.8) is 0 Å². The molecule has 5 rings (SSSR count). The third-order valence-corrected chi connectivity index (χ3v) is 7.54. The number of aliphatic hydroxyl groups excluding tert-OH is 1. The van der Waals surface area contributed by atoms with E-state index in [4.69, 9.17) is 4.74 Å². The highest BCUT2D eigenvalue weighted by molar-refractivity contribution is 5.89. The minimum absolute atomic E-state index is 0.114. The average molecular weight is 397 g/mol. The monoisotopic (exact) mass is 396 g/mol. The number of likely N-dealkylation sites (tertiary alicyclic amines) is 1. The maximum absolute atomic E-state index is 13.0. The van der Waals surface area contributed by atoms with Gasteiger partial charge in [0.1, 0.15) is 6.10 Å². The van der Waals surface area contributed by atoms with Gasteiger partial charge in [-0.05, 0) is 62.8 Å². The Labute approximate surface area is 172 Å². The lowest BCUT2D eigenvalue weighted by Crippen LogP contribution is -2.51. The van der Waals surface area contributed by atoms with Gasteiger partial charge in [-0.1, -0.05) is 19.1 Å². The summed E-state index contributed by atoms with van der Waals surface area (Å²) in [5.74, 6) is 0.129. The van der Waals surface area contributed by atoms with Gasteiger partial charge in [-0.2, -0.15) is 0 Å². The first-order valence-electron chi connectivity index (χ1n) is 11.3. The zero-order chi connectivity index (χ0) is 20.1. The summed E-state index contributed by atoms with van der Waals surface area (Å²) >= 11 is 0. The standard InChI is InChI=1S/C24H32N2O3/c1-3-25-13-15-12-20-18(17-7-5-8-19(25)23(15)17)11-16(14-26(20)4-2)24(28)29-22-10-6-9-21(22)27/h5,7-8,13,16,18,20-22,27H,3-4,6,9-12,14H2,1-2H3/t16-,18-,20-,21?,22?/m1/s1. The van der Waals surface area contributed by atoms with Crippen LogP contribution in [0.3, 0.4) is 0 Å². The molecule has 0 spiro atoms. The molecule has 1 N–H and O–H groups in total. The third-order valence-electron chi connectivity index (χ3n) is 7.54. The van der Waals surface area contributed by atoms with Gasteiger partial charge in [0.25, 0.3) is 0 Å². The summed E-state index contributed by atoms with van der Waals surface area (Å²) in [6.07, 6.45) is 5.91. The lowest BCUT2D eigenvalue weighted by Gasteiger charge is -2.46. The van der Waals surface area contributed by atoms with Crippen molar-refractivity contribution in [2.75, 3.05) is 13.1 Å². The van der Waals surface area contributed by atoms with E-state index < -0.39 is 6.10 Å². The molecule has 156 valence electrons. The van der Waals surface area contributed by atoms with Crippen LogP contribution < -0.4 is 0 Å². The van der Waals surface area contributed by atoms with E-state index in [2.05, 4.69) is 47.7 Å². The Morgan fingerprint density at radius 1 is 1.24 bits per heavy atom. The van der Waals surface area contributed by atoms with E-state index in [1.807, 2.05) is 0 Å². The third kappa shape index (κ3) is 3.10. The van der Waals surface area contributed by atoms with Crippen molar-refractivity contribution in [2.24, 2.45) is 5.92 Å². The average Bonchev–Trinajstić information content (AvgIpc) is 3.31. The predicted octanol–water partition coefficient (Wildman–Crippen LogP) is 3.47. The fourth-order valence-electron chi connectivity index (χ4n) is 6.06. The van der Waals surface area contributed by atoms with Gasteiger partial charge in [-0.25, -0.2) is 0 Å². The number of nitrogens with zero attached hydrogens (tertiary/aromatic N) is 2. The molecule has 29 heavy (non-hydrogen) atoms. The number of piperidine rings is 1. The molecule has 0 radical (unpaired) electrons. The molecule has 2 fully saturated rings. The van der Waals surface area contributed by atoms with E-state index in [1.54, 1.807) is 0 Å². The predicted molar refractivity (Wildman–Crippen MR) is 113 cm³/mol. The summed E-state index contributed by atoms with van der Waals surface area (Å²) in [5, 5.41) is 11.5. The van der Waals surface area contributed by atoms with Crippen LogP contribution in [0, 0.1) is 5.92 Å². The van der Waals surface area contributed by atoms with Crippen LogP contribution in [0.4, 0.5) is 0 Å². The first-order chi connectivity index (χ1) is 14.1. The molecule has 3 aliphatic rings. The van der Waals surface area contributed by atoms with Gasteiger partial charge in [-0.3, -0.25) is 9.69 Å². The smallest absolute Gasteiger partial charge is 0.310 e. The number of carbonyl (C=O) groups is 1. The molecule has 2 aromatic rings. The Balaban J connectivity index is 1.46. The molecule has 5 heteroatoms. The second-order valence-corrected chi connectivity index (χ2v) is 9.05. The number of likely N-dealkylation sites (N-methyl/N-ethyl adjacent to an activating group) is 1. The highest BCUT2D eigenvalue weighted by Gasteiger charge is 2.43. The summed E-state index contributed by atoms with van der Waals surface area (Å²) in [6.45, 7) is 7.07. The Morgan fingerprint density at radius 2 is 2.10 bits per heavy atom. The van der Waals surface area contributed by atoms with Crippen LogP contribution in [0.5, 0.6) is 0 Å². The molecule has 2 aliphatic carbocycles. The van der Waals surface area contributed by atoms with Crippen molar-refractivity contribution >= 4 is 16.9 Å². The van der Waals surface area contributed by atoms with E-state index in [1.165, 1.54) is 22.0 Å². The molecule has 5 nitrogen and oxygen atoms in total. The van der Waals surface area contributed by atoms with Crippen molar-refractivity contribution < 1.29 is 14.6 Å². The SMILES string of the molecule is CCN1C[C@H](C(=O)OC2CCCC2O)C[C@@H]2c3cccc4c3c(cn4CC)C[C@H]21. The lowest BCUT2D eigenvalue weighted by atomic mass is 9.72. The van der Waals surface area contributed by atoms with Gasteiger partial charge in [0, 0.05) is 42.1 Å². The zero-order valence-corrected chi connectivity index (χ0v) is 17.5. The minimum Gasteiger partial charge on any atom is -0.459 e. The second-order valence-electron chi connectivity index (χ2n) is 9.05. The number of aryl methyl sites for hydroxylation is 1. The van der Waals surface area contributed by atoms with Crippen molar-refractivity contribution in [1.82, 2.24) is 9.47 Å². The van der Waals surface area contributed by atoms with E-state index >= 15 is 0 Å². The normalized spacial score (nSPS) is 31.8. The van der Waals surface area contributed by atoms with Gasteiger partial charge >= 0.3 is 5.97 Å². The fraction of sp³-hybridized carbons (Fsp3) is 0.625. The Bertz CT molecular complexity index is 920. The van der Waals surface area contributed by atoms with Gasteiger partial charge in [-0.15, -0.1) is 0 Å². The maximum Gasteiger partial charge on any atom is 0.310 e. The topological polar surface area (TPSA) is 54.7 Å². The fourth-order valence-corrected chi connectivity index (χ4v) is 6.06. The maximum atomic E-state index is 13.0. The zero-order valence-electron chi connectivity index (χ0n) is 17.5. The Kier molecular flexibility index (Phi) is 4.91. The van der Waals surface area contributed by atoms with E-state index in [9.17, 15) is 9.90 Å². The van der Waals surface area contributed by atoms with Crippen molar-refractivity contribution in [3.05, 3.63) is 35.5 Å². The molecule has 1 saturated carbocycles. The number of benzene rings is 1. The second kappa shape index (κ2) is 7.44. The highest BCUT2D eigenvalue weighted by Crippen LogP contribution is 2.45. The quantitative estimate of drug-likeness (QED) is 0.804. The van der Waals surface area contributed by atoms with Crippen LogP contribution in [0.15, 0.2) is 24.4 Å². The Hall–Kier alpha value is -1.85. The molecule has 2 heterocycles. The molecule has 2 unspecified atom stereocenters. The summed E-state index contributed by atoms with van der Waals surface area (Å²) in [6, 6.07) is 7.11. The molecular weight excluding hydrogens is 364 g/mol. The molecule has 1 aliphatic heterocycles. The number of aromatic nitrogens is 1. The van der Waals surface area contributed by atoms with E-state index in [0.29, 0.717) is 12.0 Å². The molecular formula is C24H32N2O3. The van der Waals surface area contributed by atoms with Crippen molar-refractivity contribution in [2.45, 2.75) is 76.7 Å². The molecule has 1 aromatic carbocycles. The summed E-state index contributed by atoms with van der Waals surface area (Å²) in [4.78, 5) is 15.5. The number of hydrogen-bond acceptors (Lipinski definition) is 4. The lowest BCUT2D eigenvalue weighted by molar-refractivity contribution is -0.161. The number of rotatable bonds is 4. The minimum atomic E-state index is -0.489. The number of aliphatic hydroxyl groups is 1. The van der Waals surface area contributed by atoms with Gasteiger partial charge in [0.15, 0.2) is 0 Å². The summed E-state index contributed by atoms with van der Waals surface area (Å²) < 4.78 is 8.14. The number of ether oxygens (including phenoxy) is 1. The number of carbonyl (C=O) groups excluding carboxylic acids is 1. The van der Waals surface area contributed by atoms with Crippen LogP contribution >= 0.6 is 0 Å². The molecule has 0 bridgehead atoms. The van der Waals surface area contributed by atoms with Gasteiger partial charge < -0.3 is 14.4 Å². The molecule has 1 aromatic heterocycles. The summed E-state index contributed by atoms with van der Waals surface area (Å²) in [5.41, 5.74) is 4.17. The van der Waals surface area contributed by atoms with Crippen LogP contribution in [-0.4, -0.2) is 51.9 Å². The molecule has 5 atom stereocenters. The number of fused-ring (bicyclic) bond motifs is 2. The largest absolute Gasteiger partial charge is 0.459 e. The first kappa shape index (κ1) is 19.1. The van der Waals surface area contributed by atoms with Gasteiger partial charge in [0.2, 0.25) is 0 Å². The van der Waals surface area contributed by atoms with Gasteiger partial charge in [0.05, 0.1) is 12.0 Å². The molecule has 1 saturated heterocycles. The number of hydrogen-bond donors (Lipinski definition) is 1.